The third kappa shape index (κ3) is 3.43. The van der Waals surface area contributed by atoms with Crippen molar-refractivity contribution in [1.29, 1.82) is 0 Å². The standard InChI is InChI=1S/C18H19BrFN3O3/c1-3-13-11(2)18(19,20)16(26-13)23-10-9-14(22-17(23)25)21-15(24)12-7-5-4-6-8-12/h4-11,13,16H,3H2,1-2H3,(H,21,22,24,25)/t11-,13-,16-,18-/m1/s1. The molecule has 1 aromatic carbocycles. The number of nitrogens with zero attached hydrogens (tertiary/aromatic N) is 2. The molecule has 0 spiro atoms. The van der Waals surface area contributed by atoms with E-state index in [-0.39, 0.29) is 17.8 Å². The molecule has 4 atom stereocenters. The van der Waals surface area contributed by atoms with E-state index < -0.39 is 22.4 Å². The Kier molecular flexibility index (Phi) is 5.24. The summed E-state index contributed by atoms with van der Waals surface area (Å²) in [5.41, 5.74) is -0.258. The van der Waals surface area contributed by atoms with E-state index in [9.17, 15) is 9.59 Å². The first kappa shape index (κ1) is 18.7. The number of hydrogen-bond acceptors (Lipinski definition) is 4. The molecule has 1 aliphatic rings. The number of halogens is 2. The summed E-state index contributed by atoms with van der Waals surface area (Å²) in [6.07, 6.45) is 0.568. The number of hydrogen-bond donors (Lipinski definition) is 1. The van der Waals surface area contributed by atoms with Gasteiger partial charge in [-0.05, 0) is 40.5 Å². The Labute approximate surface area is 158 Å². The Morgan fingerprint density at radius 3 is 2.65 bits per heavy atom. The zero-order chi connectivity index (χ0) is 18.9. The Hall–Kier alpha value is -2.06. The predicted octanol–water partition coefficient (Wildman–Crippen LogP) is 3.50. The quantitative estimate of drug-likeness (QED) is 0.763. The number of anilines is 1. The highest BCUT2D eigenvalue weighted by Crippen LogP contribution is 2.50. The number of carbonyl (C=O) groups excluding carboxylic acids is 1. The van der Waals surface area contributed by atoms with Gasteiger partial charge in [0.05, 0.1) is 6.10 Å². The first-order chi connectivity index (χ1) is 12.3. The summed E-state index contributed by atoms with van der Waals surface area (Å²) in [5.74, 6) is -0.716. The number of ether oxygens (including phenoxy) is 1. The summed E-state index contributed by atoms with van der Waals surface area (Å²) >= 11 is 3.07. The van der Waals surface area contributed by atoms with Crippen molar-refractivity contribution in [3.63, 3.8) is 0 Å². The number of carbonyl (C=O) groups is 1. The average Bonchev–Trinajstić information content (AvgIpc) is 2.85. The molecule has 0 saturated carbocycles. The minimum atomic E-state index is -1.88. The van der Waals surface area contributed by atoms with E-state index >= 15 is 4.39 Å². The Morgan fingerprint density at radius 1 is 1.38 bits per heavy atom. The van der Waals surface area contributed by atoms with Gasteiger partial charge in [-0.2, -0.15) is 4.98 Å². The molecule has 1 aliphatic heterocycles. The highest BCUT2D eigenvalue weighted by Gasteiger charge is 2.54. The fourth-order valence-electron chi connectivity index (χ4n) is 2.99. The number of aromatic nitrogens is 2. The van der Waals surface area contributed by atoms with E-state index in [4.69, 9.17) is 4.74 Å². The number of alkyl halides is 2. The van der Waals surface area contributed by atoms with Gasteiger partial charge in [0.1, 0.15) is 5.82 Å². The monoisotopic (exact) mass is 423 g/mol. The van der Waals surface area contributed by atoms with Gasteiger partial charge in [0, 0.05) is 17.7 Å². The Morgan fingerprint density at radius 2 is 2.08 bits per heavy atom. The van der Waals surface area contributed by atoms with E-state index in [1.165, 1.54) is 12.3 Å². The lowest BCUT2D eigenvalue weighted by Gasteiger charge is -2.23. The second-order valence-electron chi connectivity index (χ2n) is 6.22. The van der Waals surface area contributed by atoms with E-state index in [0.717, 1.165) is 4.57 Å². The molecule has 1 fully saturated rings. The molecular weight excluding hydrogens is 405 g/mol. The molecule has 2 aromatic rings. The molecule has 0 aliphatic carbocycles. The molecule has 1 aromatic heterocycles. The smallest absolute Gasteiger partial charge is 0.350 e. The molecule has 0 bridgehead atoms. The highest BCUT2D eigenvalue weighted by molar-refractivity contribution is 9.10. The summed E-state index contributed by atoms with van der Waals surface area (Å²) in [5, 5.41) is 2.56. The van der Waals surface area contributed by atoms with Gasteiger partial charge in [-0.25, -0.2) is 9.18 Å². The van der Waals surface area contributed by atoms with Crippen molar-refractivity contribution in [1.82, 2.24) is 9.55 Å². The van der Waals surface area contributed by atoms with Crippen molar-refractivity contribution in [3.8, 4) is 0 Å². The van der Waals surface area contributed by atoms with Gasteiger partial charge in [0.25, 0.3) is 5.91 Å². The minimum Gasteiger partial charge on any atom is -0.350 e. The molecule has 3 rings (SSSR count). The second kappa shape index (κ2) is 7.28. The van der Waals surface area contributed by atoms with Crippen molar-refractivity contribution >= 4 is 27.7 Å². The molecular formula is C18H19BrFN3O3. The largest absolute Gasteiger partial charge is 0.351 e. The molecule has 6 nitrogen and oxygen atoms in total. The molecule has 2 heterocycles. The van der Waals surface area contributed by atoms with Crippen LogP contribution in [0.2, 0.25) is 0 Å². The van der Waals surface area contributed by atoms with Crippen LogP contribution in [0.3, 0.4) is 0 Å². The summed E-state index contributed by atoms with van der Waals surface area (Å²) in [6.45, 7) is 3.63. The first-order valence-electron chi connectivity index (χ1n) is 8.33. The van der Waals surface area contributed by atoms with Gasteiger partial charge in [-0.15, -0.1) is 0 Å². The fraction of sp³-hybridized carbons (Fsp3) is 0.389. The molecule has 0 unspecified atom stereocenters. The maximum Gasteiger partial charge on any atom is 0.351 e. The predicted molar refractivity (Wildman–Crippen MR) is 99.0 cm³/mol. The number of benzene rings is 1. The van der Waals surface area contributed by atoms with Gasteiger partial charge in [-0.3, -0.25) is 9.36 Å². The van der Waals surface area contributed by atoms with Crippen molar-refractivity contribution in [2.75, 3.05) is 5.32 Å². The van der Waals surface area contributed by atoms with Crippen LogP contribution < -0.4 is 11.0 Å². The van der Waals surface area contributed by atoms with Crippen LogP contribution in [0.25, 0.3) is 0 Å². The van der Waals surface area contributed by atoms with Crippen molar-refractivity contribution in [3.05, 3.63) is 58.6 Å². The summed E-state index contributed by atoms with van der Waals surface area (Å²) < 4.78 is 20.0. The first-order valence-corrected chi connectivity index (χ1v) is 9.12. The van der Waals surface area contributed by atoms with E-state index in [1.54, 1.807) is 37.3 Å². The van der Waals surface area contributed by atoms with Gasteiger partial charge in [0.2, 0.25) is 4.58 Å². The van der Waals surface area contributed by atoms with Crippen LogP contribution in [0.15, 0.2) is 47.4 Å². The normalized spacial score (nSPS) is 28.1. The summed E-state index contributed by atoms with van der Waals surface area (Å²) in [4.78, 5) is 28.3. The average molecular weight is 424 g/mol. The number of nitrogens with one attached hydrogen (secondary N) is 1. The molecule has 1 N–H and O–H groups in total. The highest BCUT2D eigenvalue weighted by atomic mass is 79.9. The van der Waals surface area contributed by atoms with Crippen molar-refractivity contribution < 1.29 is 13.9 Å². The van der Waals surface area contributed by atoms with Gasteiger partial charge < -0.3 is 10.1 Å². The van der Waals surface area contributed by atoms with Crippen LogP contribution in [0, 0.1) is 5.92 Å². The molecule has 26 heavy (non-hydrogen) atoms. The molecule has 1 amide bonds. The maximum atomic E-state index is 15.0. The molecule has 138 valence electrons. The third-order valence-electron chi connectivity index (χ3n) is 4.56. The van der Waals surface area contributed by atoms with E-state index in [1.807, 2.05) is 6.92 Å². The zero-order valence-corrected chi connectivity index (χ0v) is 15.9. The van der Waals surface area contributed by atoms with Gasteiger partial charge in [-0.1, -0.05) is 32.0 Å². The maximum absolute atomic E-state index is 15.0. The van der Waals surface area contributed by atoms with Crippen LogP contribution in [0.1, 0.15) is 36.9 Å². The molecule has 1 saturated heterocycles. The zero-order valence-electron chi connectivity index (χ0n) is 14.4. The summed E-state index contributed by atoms with van der Waals surface area (Å²) in [7, 11) is 0. The molecule has 8 heteroatoms. The van der Waals surface area contributed by atoms with E-state index in [0.29, 0.717) is 12.0 Å². The van der Waals surface area contributed by atoms with Gasteiger partial charge in [0.15, 0.2) is 6.23 Å². The third-order valence-corrected chi connectivity index (χ3v) is 5.67. The van der Waals surface area contributed by atoms with E-state index in [2.05, 4.69) is 26.2 Å². The van der Waals surface area contributed by atoms with Crippen molar-refractivity contribution in [2.45, 2.75) is 37.2 Å². The lowest BCUT2D eigenvalue weighted by Crippen LogP contribution is -2.36. The van der Waals surface area contributed by atoms with Crippen LogP contribution >= 0.6 is 15.9 Å². The summed E-state index contributed by atoms with van der Waals surface area (Å²) in [6, 6.07) is 10.0. The Balaban J connectivity index is 1.82. The number of amides is 1. The van der Waals surface area contributed by atoms with Crippen LogP contribution in [0.5, 0.6) is 0 Å². The van der Waals surface area contributed by atoms with Crippen molar-refractivity contribution in [2.24, 2.45) is 5.92 Å². The van der Waals surface area contributed by atoms with Crippen LogP contribution in [-0.4, -0.2) is 26.1 Å². The second-order valence-corrected chi connectivity index (χ2v) is 7.44. The van der Waals surface area contributed by atoms with Crippen LogP contribution in [0.4, 0.5) is 10.2 Å². The Bertz CT molecular complexity index is 856. The van der Waals surface area contributed by atoms with Gasteiger partial charge >= 0.3 is 5.69 Å². The number of rotatable bonds is 4. The van der Waals surface area contributed by atoms with Crippen LogP contribution in [-0.2, 0) is 4.74 Å². The lowest BCUT2D eigenvalue weighted by molar-refractivity contribution is -0.0287. The lowest BCUT2D eigenvalue weighted by atomic mass is 10.00. The minimum absolute atomic E-state index is 0.0946. The fourth-order valence-corrected chi connectivity index (χ4v) is 3.61. The SMILES string of the molecule is CC[C@H]1O[C@@H](n2ccc(NC(=O)c3ccccc3)nc2=O)[C@@](F)(Br)[C@@H]1C. The molecule has 0 radical (unpaired) electrons. The topological polar surface area (TPSA) is 73.2 Å².